The molecule has 1 aliphatic rings. The molecule has 1 aliphatic heterocycles. The Morgan fingerprint density at radius 1 is 1.36 bits per heavy atom. The number of thiazole rings is 1. The number of aromatic nitrogens is 4. The summed E-state index contributed by atoms with van der Waals surface area (Å²) in [5.74, 6) is 2.22. The summed E-state index contributed by atoms with van der Waals surface area (Å²) in [6, 6.07) is 4.08. The molecule has 0 saturated carbocycles. The Kier molecular flexibility index (Phi) is 3.34. The number of hydrogen-bond donors (Lipinski definition) is 0. The Balaban J connectivity index is 1.67. The Labute approximate surface area is 131 Å². The van der Waals surface area contributed by atoms with Gasteiger partial charge in [-0.05, 0) is 31.9 Å². The molecule has 3 aromatic heterocycles. The van der Waals surface area contributed by atoms with Crippen molar-refractivity contribution in [2.75, 3.05) is 11.4 Å². The number of anilines is 1. The average molecular weight is 313 g/mol. The molecular formula is C15H15N5OS. The number of nitrogens with zero attached hydrogens (tertiary/aromatic N) is 5. The first-order valence-corrected chi connectivity index (χ1v) is 8.12. The average Bonchev–Trinajstić information content (AvgIpc) is 3.28. The second-order valence-corrected chi connectivity index (χ2v) is 6.20. The van der Waals surface area contributed by atoms with Crippen LogP contribution in [0.2, 0.25) is 0 Å². The number of rotatable bonds is 3. The summed E-state index contributed by atoms with van der Waals surface area (Å²) >= 11 is 1.68. The van der Waals surface area contributed by atoms with Crippen molar-refractivity contribution in [1.82, 2.24) is 20.2 Å². The quantitative estimate of drug-likeness (QED) is 0.739. The lowest BCUT2D eigenvalue weighted by Gasteiger charge is -2.22. The summed E-state index contributed by atoms with van der Waals surface area (Å²) in [4.78, 5) is 11.3. The second kappa shape index (κ2) is 5.49. The fourth-order valence-corrected chi connectivity index (χ4v) is 3.55. The monoisotopic (exact) mass is 313 g/mol. The van der Waals surface area contributed by atoms with Gasteiger partial charge in [0.2, 0.25) is 5.95 Å². The molecule has 1 saturated heterocycles. The Morgan fingerprint density at radius 2 is 2.32 bits per heavy atom. The van der Waals surface area contributed by atoms with Gasteiger partial charge in [-0.2, -0.15) is 5.10 Å². The van der Waals surface area contributed by atoms with Gasteiger partial charge in [0.15, 0.2) is 5.76 Å². The Morgan fingerprint density at radius 3 is 3.09 bits per heavy atom. The maximum atomic E-state index is 5.63. The molecule has 0 unspecified atom stereocenters. The van der Waals surface area contributed by atoms with Crippen LogP contribution in [0.5, 0.6) is 0 Å². The third-order valence-electron chi connectivity index (χ3n) is 3.79. The molecule has 3 aromatic rings. The van der Waals surface area contributed by atoms with Gasteiger partial charge in [-0.25, -0.2) is 9.97 Å². The molecule has 0 radical (unpaired) electrons. The van der Waals surface area contributed by atoms with Gasteiger partial charge in [-0.1, -0.05) is 0 Å². The van der Waals surface area contributed by atoms with Crippen LogP contribution >= 0.6 is 11.3 Å². The van der Waals surface area contributed by atoms with Crippen molar-refractivity contribution in [2.45, 2.75) is 25.8 Å². The van der Waals surface area contributed by atoms with Gasteiger partial charge in [0.25, 0.3) is 0 Å². The van der Waals surface area contributed by atoms with Gasteiger partial charge < -0.3 is 9.32 Å². The van der Waals surface area contributed by atoms with E-state index >= 15 is 0 Å². The summed E-state index contributed by atoms with van der Waals surface area (Å²) in [5.41, 5.74) is 0.711. The van der Waals surface area contributed by atoms with Gasteiger partial charge in [0, 0.05) is 18.1 Å². The van der Waals surface area contributed by atoms with Crippen LogP contribution in [0.1, 0.15) is 29.7 Å². The SMILES string of the molecule is Cc1ccc(-c2cnnc(N3CCC[C@H]3c3nccs3)n2)o1. The molecule has 6 nitrogen and oxygen atoms in total. The van der Waals surface area contributed by atoms with Crippen molar-refractivity contribution >= 4 is 17.3 Å². The van der Waals surface area contributed by atoms with E-state index in [1.807, 2.05) is 30.6 Å². The van der Waals surface area contributed by atoms with E-state index < -0.39 is 0 Å². The van der Waals surface area contributed by atoms with E-state index in [1.54, 1.807) is 17.5 Å². The first-order valence-electron chi connectivity index (χ1n) is 7.24. The molecule has 0 aliphatic carbocycles. The van der Waals surface area contributed by atoms with Crippen LogP contribution in [0, 0.1) is 6.92 Å². The minimum Gasteiger partial charge on any atom is -0.460 e. The lowest BCUT2D eigenvalue weighted by atomic mass is 10.2. The van der Waals surface area contributed by atoms with E-state index in [4.69, 9.17) is 4.42 Å². The predicted molar refractivity (Wildman–Crippen MR) is 83.7 cm³/mol. The summed E-state index contributed by atoms with van der Waals surface area (Å²) in [6.45, 7) is 2.84. The van der Waals surface area contributed by atoms with Crippen molar-refractivity contribution in [3.8, 4) is 11.5 Å². The van der Waals surface area contributed by atoms with Gasteiger partial charge in [-0.15, -0.1) is 16.4 Å². The molecular weight excluding hydrogens is 298 g/mol. The van der Waals surface area contributed by atoms with Crippen LogP contribution in [0.4, 0.5) is 5.95 Å². The van der Waals surface area contributed by atoms with E-state index in [1.165, 1.54) is 0 Å². The topological polar surface area (TPSA) is 67.9 Å². The largest absolute Gasteiger partial charge is 0.460 e. The number of furan rings is 1. The molecule has 0 spiro atoms. The fourth-order valence-electron chi connectivity index (χ4n) is 2.77. The van der Waals surface area contributed by atoms with Crippen LogP contribution < -0.4 is 4.90 Å². The summed E-state index contributed by atoms with van der Waals surface area (Å²) in [6.07, 6.45) is 5.66. The summed E-state index contributed by atoms with van der Waals surface area (Å²) in [5, 5.41) is 11.4. The zero-order chi connectivity index (χ0) is 14.9. The van der Waals surface area contributed by atoms with E-state index in [9.17, 15) is 0 Å². The fraction of sp³-hybridized carbons (Fsp3) is 0.333. The first-order chi connectivity index (χ1) is 10.8. The van der Waals surface area contributed by atoms with E-state index in [0.29, 0.717) is 11.6 Å². The van der Waals surface area contributed by atoms with Crippen LogP contribution in [0.3, 0.4) is 0 Å². The maximum absolute atomic E-state index is 5.63. The van der Waals surface area contributed by atoms with Gasteiger partial charge in [-0.3, -0.25) is 0 Å². The van der Waals surface area contributed by atoms with E-state index in [2.05, 4.69) is 25.1 Å². The number of aryl methyl sites for hydroxylation is 1. The molecule has 1 fully saturated rings. The normalized spacial score (nSPS) is 18.0. The zero-order valence-corrected chi connectivity index (χ0v) is 13.0. The van der Waals surface area contributed by atoms with Crippen molar-refractivity contribution in [2.24, 2.45) is 0 Å². The highest BCUT2D eigenvalue weighted by Crippen LogP contribution is 2.35. The molecule has 1 atom stereocenters. The maximum Gasteiger partial charge on any atom is 0.246 e. The lowest BCUT2D eigenvalue weighted by molar-refractivity contribution is 0.545. The van der Waals surface area contributed by atoms with Gasteiger partial charge in [0.1, 0.15) is 16.5 Å². The molecule has 7 heteroatoms. The Bertz CT molecular complexity index is 770. The third kappa shape index (κ3) is 2.37. The second-order valence-electron chi connectivity index (χ2n) is 5.27. The zero-order valence-electron chi connectivity index (χ0n) is 12.1. The smallest absolute Gasteiger partial charge is 0.246 e. The summed E-state index contributed by atoms with van der Waals surface area (Å²) < 4.78 is 5.63. The number of hydrogen-bond acceptors (Lipinski definition) is 7. The highest BCUT2D eigenvalue weighted by Gasteiger charge is 2.30. The molecule has 0 N–H and O–H groups in total. The van der Waals surface area contributed by atoms with E-state index in [-0.39, 0.29) is 6.04 Å². The van der Waals surface area contributed by atoms with Crippen molar-refractivity contribution in [1.29, 1.82) is 0 Å². The third-order valence-corrected chi connectivity index (χ3v) is 4.66. The highest BCUT2D eigenvalue weighted by molar-refractivity contribution is 7.09. The van der Waals surface area contributed by atoms with Gasteiger partial charge >= 0.3 is 0 Å². The standard InChI is InChI=1S/C15H15N5OS/c1-10-4-5-13(21-10)11-9-17-19-15(18-11)20-7-2-3-12(20)14-16-6-8-22-14/h4-6,8-9,12H,2-3,7H2,1H3/t12-/m0/s1. The molecule has 4 heterocycles. The predicted octanol–water partition coefficient (Wildman–Crippen LogP) is 3.24. The molecule has 0 aromatic carbocycles. The minimum atomic E-state index is 0.246. The summed E-state index contributed by atoms with van der Waals surface area (Å²) in [7, 11) is 0. The van der Waals surface area contributed by atoms with Crippen molar-refractivity contribution in [3.63, 3.8) is 0 Å². The van der Waals surface area contributed by atoms with Gasteiger partial charge in [0.05, 0.1) is 12.2 Å². The van der Waals surface area contributed by atoms with Crippen LogP contribution in [0.15, 0.2) is 34.3 Å². The minimum absolute atomic E-state index is 0.246. The van der Waals surface area contributed by atoms with Crippen molar-refractivity contribution < 1.29 is 4.42 Å². The molecule has 0 bridgehead atoms. The molecule has 4 rings (SSSR count). The van der Waals surface area contributed by atoms with Crippen LogP contribution in [0.25, 0.3) is 11.5 Å². The molecule has 112 valence electrons. The first kappa shape index (κ1) is 13.4. The Hall–Kier alpha value is -2.28. The van der Waals surface area contributed by atoms with Crippen molar-refractivity contribution in [3.05, 3.63) is 40.7 Å². The highest BCUT2D eigenvalue weighted by atomic mass is 32.1. The lowest BCUT2D eigenvalue weighted by Crippen LogP contribution is -2.25. The van der Waals surface area contributed by atoms with Crippen LogP contribution in [-0.4, -0.2) is 26.7 Å². The molecule has 0 amide bonds. The molecule has 22 heavy (non-hydrogen) atoms. The van der Waals surface area contributed by atoms with Crippen LogP contribution in [-0.2, 0) is 0 Å². The van der Waals surface area contributed by atoms with E-state index in [0.717, 1.165) is 35.9 Å².